The van der Waals surface area contributed by atoms with Gasteiger partial charge in [-0.05, 0) is 35.9 Å². The summed E-state index contributed by atoms with van der Waals surface area (Å²) in [5.41, 5.74) is -0.318. The van der Waals surface area contributed by atoms with Gasteiger partial charge in [-0.2, -0.15) is 13.2 Å². The highest BCUT2D eigenvalue weighted by Crippen LogP contribution is 2.42. The molecule has 0 radical (unpaired) electrons. The molecule has 8 heteroatoms. The van der Waals surface area contributed by atoms with Crippen LogP contribution in [0.3, 0.4) is 0 Å². The molecule has 1 saturated carbocycles. The first-order valence-electron chi connectivity index (χ1n) is 7.80. The number of hydrogen-bond donors (Lipinski definition) is 0. The summed E-state index contributed by atoms with van der Waals surface area (Å²) in [6, 6.07) is 9.99. The molecule has 1 fully saturated rings. The molecule has 0 saturated heterocycles. The fraction of sp³-hybridized carbons (Fsp3) is 0.294. The quantitative estimate of drug-likeness (QED) is 0.535. The van der Waals surface area contributed by atoms with Crippen LogP contribution in [0.1, 0.15) is 30.0 Å². The number of benzene rings is 1. The van der Waals surface area contributed by atoms with Crippen LogP contribution in [0.2, 0.25) is 0 Å². The Morgan fingerprint density at radius 1 is 1.12 bits per heavy atom. The largest absolute Gasteiger partial charge is 0.416 e. The molecule has 1 aliphatic rings. The monoisotopic (exact) mass is 381 g/mol. The molecule has 0 N–H and O–H groups in total. The van der Waals surface area contributed by atoms with Gasteiger partial charge < -0.3 is 0 Å². The molecule has 0 atom stereocenters. The Hall–Kier alpha value is -1.80. The van der Waals surface area contributed by atoms with E-state index in [1.165, 1.54) is 23.9 Å². The number of aromatic nitrogens is 3. The molecule has 0 unspecified atom stereocenters. The van der Waals surface area contributed by atoms with Gasteiger partial charge in [0.25, 0.3) is 0 Å². The van der Waals surface area contributed by atoms with E-state index in [4.69, 9.17) is 0 Å². The first-order chi connectivity index (χ1) is 12.0. The van der Waals surface area contributed by atoms with E-state index in [0.29, 0.717) is 11.2 Å². The molecular formula is C17H14F3N3S2. The number of thioether (sulfide) groups is 1. The fourth-order valence-corrected chi connectivity index (χ4v) is 4.39. The smallest absolute Gasteiger partial charge is 0.298 e. The van der Waals surface area contributed by atoms with Crippen LogP contribution in [-0.2, 0) is 11.9 Å². The summed E-state index contributed by atoms with van der Waals surface area (Å²) < 4.78 is 41.5. The van der Waals surface area contributed by atoms with Crippen molar-refractivity contribution >= 4 is 23.1 Å². The second-order valence-electron chi connectivity index (χ2n) is 5.83. The molecule has 2 aromatic heterocycles. The summed E-state index contributed by atoms with van der Waals surface area (Å²) in [6.07, 6.45) is -2.23. The number of halogens is 3. The second-order valence-corrected chi connectivity index (χ2v) is 7.72. The topological polar surface area (TPSA) is 30.7 Å². The van der Waals surface area contributed by atoms with Crippen LogP contribution in [0.25, 0.3) is 10.7 Å². The molecule has 3 aromatic rings. The molecule has 0 aliphatic heterocycles. The molecule has 3 nitrogen and oxygen atoms in total. The van der Waals surface area contributed by atoms with E-state index in [1.807, 2.05) is 17.5 Å². The molecule has 25 heavy (non-hydrogen) atoms. The van der Waals surface area contributed by atoms with Gasteiger partial charge in [-0.1, -0.05) is 36.0 Å². The van der Waals surface area contributed by atoms with Crippen molar-refractivity contribution in [2.75, 3.05) is 0 Å². The lowest BCUT2D eigenvalue weighted by Gasteiger charge is -2.12. The Morgan fingerprint density at radius 3 is 2.60 bits per heavy atom. The lowest BCUT2D eigenvalue weighted by Crippen LogP contribution is -2.08. The maximum absolute atomic E-state index is 13.1. The molecule has 0 amide bonds. The van der Waals surface area contributed by atoms with E-state index >= 15 is 0 Å². The van der Waals surface area contributed by atoms with Gasteiger partial charge in [-0.25, -0.2) is 0 Å². The minimum atomic E-state index is -4.34. The SMILES string of the molecule is FC(F)(F)c1ccccc1CSc1nnc(-c2cccs2)n1C1CC1. The van der Waals surface area contributed by atoms with Crippen molar-refractivity contribution in [1.29, 1.82) is 0 Å². The van der Waals surface area contributed by atoms with Crippen molar-refractivity contribution in [3.63, 3.8) is 0 Å². The first-order valence-corrected chi connectivity index (χ1v) is 9.67. The molecule has 4 rings (SSSR count). The lowest BCUT2D eigenvalue weighted by molar-refractivity contribution is -0.138. The van der Waals surface area contributed by atoms with E-state index in [1.54, 1.807) is 17.4 Å². The van der Waals surface area contributed by atoms with Gasteiger partial charge in [0.1, 0.15) is 0 Å². The predicted molar refractivity (Wildman–Crippen MR) is 92.6 cm³/mol. The van der Waals surface area contributed by atoms with Crippen molar-refractivity contribution < 1.29 is 13.2 Å². The van der Waals surface area contributed by atoms with Gasteiger partial charge >= 0.3 is 6.18 Å². The number of thiophene rings is 1. The molecule has 1 aliphatic carbocycles. The third kappa shape index (κ3) is 3.46. The number of hydrogen-bond acceptors (Lipinski definition) is 4. The first kappa shape index (κ1) is 16.7. The van der Waals surface area contributed by atoms with E-state index in [2.05, 4.69) is 14.8 Å². The van der Waals surface area contributed by atoms with Crippen LogP contribution in [-0.4, -0.2) is 14.8 Å². The predicted octanol–water partition coefficient (Wildman–Crippen LogP) is 5.65. The van der Waals surface area contributed by atoms with Gasteiger partial charge in [-0.3, -0.25) is 4.57 Å². The van der Waals surface area contributed by atoms with Crippen LogP contribution in [0.4, 0.5) is 13.2 Å². The molecule has 2 heterocycles. The minimum Gasteiger partial charge on any atom is -0.298 e. The fourth-order valence-electron chi connectivity index (χ4n) is 2.68. The third-order valence-corrected chi connectivity index (χ3v) is 5.86. The van der Waals surface area contributed by atoms with Crippen molar-refractivity contribution in [3.8, 4) is 10.7 Å². The van der Waals surface area contributed by atoms with Gasteiger partial charge in [0.15, 0.2) is 11.0 Å². The zero-order valence-electron chi connectivity index (χ0n) is 13.0. The van der Waals surface area contributed by atoms with E-state index in [0.717, 1.165) is 29.6 Å². The lowest BCUT2D eigenvalue weighted by atomic mass is 10.1. The summed E-state index contributed by atoms with van der Waals surface area (Å²) >= 11 is 2.90. The molecule has 0 bridgehead atoms. The van der Waals surface area contributed by atoms with Gasteiger partial charge in [-0.15, -0.1) is 21.5 Å². The zero-order chi connectivity index (χ0) is 17.4. The second kappa shape index (κ2) is 6.49. The molecular weight excluding hydrogens is 367 g/mol. The van der Waals surface area contributed by atoms with E-state index < -0.39 is 11.7 Å². The van der Waals surface area contributed by atoms with Crippen LogP contribution >= 0.6 is 23.1 Å². The van der Waals surface area contributed by atoms with Crippen LogP contribution in [0.15, 0.2) is 46.9 Å². The molecule has 130 valence electrons. The number of alkyl halides is 3. The number of nitrogens with zero attached hydrogens (tertiary/aromatic N) is 3. The number of rotatable bonds is 5. The molecule has 1 aromatic carbocycles. The van der Waals surface area contributed by atoms with Gasteiger partial charge in [0, 0.05) is 11.8 Å². The van der Waals surface area contributed by atoms with E-state index in [9.17, 15) is 13.2 Å². The van der Waals surface area contributed by atoms with Crippen molar-refractivity contribution in [3.05, 3.63) is 52.9 Å². The highest BCUT2D eigenvalue weighted by Gasteiger charge is 2.34. The Labute approximate surface area is 150 Å². The van der Waals surface area contributed by atoms with Crippen molar-refractivity contribution in [1.82, 2.24) is 14.8 Å². The Bertz CT molecular complexity index is 868. The summed E-state index contributed by atoms with van der Waals surface area (Å²) in [5, 5.41) is 11.2. The summed E-state index contributed by atoms with van der Waals surface area (Å²) in [6.45, 7) is 0. The van der Waals surface area contributed by atoms with Crippen molar-refractivity contribution in [2.45, 2.75) is 36.0 Å². The summed E-state index contributed by atoms with van der Waals surface area (Å²) in [4.78, 5) is 1.03. The standard InChI is InChI=1S/C17H14F3N3S2/c18-17(19,20)13-5-2-1-4-11(13)10-25-16-22-21-15(14-6-3-9-24-14)23(16)12-7-8-12/h1-6,9,12H,7-8,10H2. The van der Waals surface area contributed by atoms with Gasteiger partial charge in [0.05, 0.1) is 10.4 Å². The van der Waals surface area contributed by atoms with E-state index in [-0.39, 0.29) is 11.3 Å². The summed E-state index contributed by atoms with van der Waals surface area (Å²) in [7, 11) is 0. The van der Waals surface area contributed by atoms with Crippen LogP contribution < -0.4 is 0 Å². The highest BCUT2D eigenvalue weighted by atomic mass is 32.2. The maximum Gasteiger partial charge on any atom is 0.416 e. The van der Waals surface area contributed by atoms with Crippen LogP contribution in [0.5, 0.6) is 0 Å². The average molecular weight is 381 g/mol. The Morgan fingerprint density at radius 2 is 1.92 bits per heavy atom. The molecule has 0 spiro atoms. The Kier molecular flexibility index (Phi) is 4.33. The zero-order valence-corrected chi connectivity index (χ0v) is 14.7. The summed E-state index contributed by atoms with van der Waals surface area (Å²) in [5.74, 6) is 1.02. The minimum absolute atomic E-state index is 0.213. The third-order valence-electron chi connectivity index (χ3n) is 4.00. The van der Waals surface area contributed by atoms with Crippen LogP contribution in [0, 0.1) is 0 Å². The van der Waals surface area contributed by atoms with Gasteiger partial charge in [0.2, 0.25) is 0 Å². The Balaban J connectivity index is 1.61. The highest BCUT2D eigenvalue weighted by molar-refractivity contribution is 7.98. The maximum atomic E-state index is 13.1. The van der Waals surface area contributed by atoms with Crippen molar-refractivity contribution in [2.24, 2.45) is 0 Å². The normalized spacial score (nSPS) is 14.8. The average Bonchev–Trinajstić information content (AvgIpc) is 3.10.